The minimum absolute atomic E-state index is 0.128. The van der Waals surface area contributed by atoms with Crippen LogP contribution >= 0.6 is 0 Å². The van der Waals surface area contributed by atoms with Gasteiger partial charge in [0.05, 0.1) is 0 Å². The molecule has 0 aliphatic rings. The van der Waals surface area contributed by atoms with E-state index in [1.807, 2.05) is 12.2 Å². The second kappa shape index (κ2) is 58.1. The molecule has 0 heterocycles. The van der Waals surface area contributed by atoms with Crippen LogP contribution in [0.15, 0.2) is 134 Å². The van der Waals surface area contributed by atoms with Crippen LogP contribution in [0.3, 0.4) is 0 Å². The fourth-order valence-electron chi connectivity index (χ4n) is 7.39. The summed E-state index contributed by atoms with van der Waals surface area (Å²) >= 11 is 0. The fourth-order valence-corrected chi connectivity index (χ4v) is 7.39. The predicted molar refractivity (Wildman–Crippen MR) is 306 cm³/mol. The second-order valence-corrected chi connectivity index (χ2v) is 18.4. The van der Waals surface area contributed by atoms with E-state index in [1.165, 1.54) is 89.9 Å². The molecule has 0 aromatic carbocycles. The monoisotopic (exact) mass is 981 g/mol. The zero-order chi connectivity index (χ0) is 51.4. The molecular weight excluding hydrogens is 877 g/mol. The number of hydrogen-bond acceptors (Lipinski definition) is 6. The lowest BCUT2D eigenvalue weighted by Crippen LogP contribution is -2.30. The number of carbonyl (C=O) groups excluding carboxylic acids is 3. The average molecular weight is 982 g/mol. The Labute approximate surface area is 436 Å². The molecule has 0 saturated carbocycles. The largest absolute Gasteiger partial charge is 0.462 e. The van der Waals surface area contributed by atoms with Gasteiger partial charge in [-0.3, -0.25) is 14.4 Å². The van der Waals surface area contributed by atoms with Gasteiger partial charge in [-0.2, -0.15) is 0 Å². The third-order valence-corrected chi connectivity index (χ3v) is 11.6. The lowest BCUT2D eigenvalue weighted by atomic mass is 10.1. The summed E-state index contributed by atoms with van der Waals surface area (Å²) in [6.07, 6.45) is 81.7. The van der Waals surface area contributed by atoms with Crippen molar-refractivity contribution >= 4 is 17.9 Å². The Morgan fingerprint density at radius 1 is 0.296 bits per heavy atom. The quantitative estimate of drug-likeness (QED) is 0.0262. The second-order valence-electron chi connectivity index (χ2n) is 18.4. The smallest absolute Gasteiger partial charge is 0.306 e. The molecule has 0 rings (SSSR count). The van der Waals surface area contributed by atoms with Crippen molar-refractivity contribution in [2.75, 3.05) is 13.2 Å². The van der Waals surface area contributed by atoms with E-state index in [0.717, 1.165) is 96.3 Å². The van der Waals surface area contributed by atoms with Crippen molar-refractivity contribution in [2.24, 2.45) is 0 Å². The van der Waals surface area contributed by atoms with Gasteiger partial charge in [-0.1, -0.05) is 231 Å². The molecule has 0 saturated heterocycles. The van der Waals surface area contributed by atoms with Crippen molar-refractivity contribution in [2.45, 2.75) is 245 Å². The van der Waals surface area contributed by atoms with E-state index < -0.39 is 6.10 Å². The number of carbonyl (C=O) groups is 3. The van der Waals surface area contributed by atoms with Gasteiger partial charge in [-0.05, 0) is 122 Å². The first kappa shape index (κ1) is 66.6. The minimum atomic E-state index is -0.832. The van der Waals surface area contributed by atoms with Gasteiger partial charge < -0.3 is 14.2 Å². The van der Waals surface area contributed by atoms with Crippen LogP contribution in [0, 0.1) is 0 Å². The zero-order valence-corrected chi connectivity index (χ0v) is 45.7. The molecular formula is C65H104O6. The van der Waals surface area contributed by atoms with Gasteiger partial charge in [0.25, 0.3) is 0 Å². The molecule has 0 radical (unpaired) electrons. The van der Waals surface area contributed by atoms with Crippen molar-refractivity contribution in [1.29, 1.82) is 0 Å². The van der Waals surface area contributed by atoms with Crippen LogP contribution in [0.25, 0.3) is 0 Å². The molecule has 0 bridgehead atoms. The lowest BCUT2D eigenvalue weighted by Gasteiger charge is -2.18. The first-order valence-corrected chi connectivity index (χ1v) is 28.7. The van der Waals surface area contributed by atoms with E-state index in [0.29, 0.717) is 19.3 Å². The van der Waals surface area contributed by atoms with Crippen LogP contribution in [0.2, 0.25) is 0 Å². The minimum Gasteiger partial charge on any atom is -0.462 e. The molecule has 0 fully saturated rings. The summed E-state index contributed by atoms with van der Waals surface area (Å²) in [6, 6.07) is 0. The average Bonchev–Trinajstić information content (AvgIpc) is 3.37. The molecule has 0 aromatic heterocycles. The molecule has 0 amide bonds. The molecule has 1 atom stereocenters. The van der Waals surface area contributed by atoms with E-state index in [9.17, 15) is 14.4 Å². The van der Waals surface area contributed by atoms with Crippen molar-refractivity contribution in [3.8, 4) is 0 Å². The van der Waals surface area contributed by atoms with E-state index in [4.69, 9.17) is 14.2 Å². The van der Waals surface area contributed by atoms with Crippen LogP contribution < -0.4 is 0 Å². The van der Waals surface area contributed by atoms with E-state index in [2.05, 4.69) is 142 Å². The Morgan fingerprint density at radius 2 is 0.577 bits per heavy atom. The highest BCUT2D eigenvalue weighted by molar-refractivity contribution is 5.71. The van der Waals surface area contributed by atoms with Crippen LogP contribution in [0.5, 0.6) is 0 Å². The Bertz CT molecular complexity index is 1550. The van der Waals surface area contributed by atoms with Crippen molar-refractivity contribution in [1.82, 2.24) is 0 Å². The molecule has 0 N–H and O–H groups in total. The van der Waals surface area contributed by atoms with Gasteiger partial charge in [0.2, 0.25) is 0 Å². The summed E-state index contributed by atoms with van der Waals surface area (Å²) in [6.45, 7) is 6.30. The van der Waals surface area contributed by atoms with E-state index >= 15 is 0 Å². The summed E-state index contributed by atoms with van der Waals surface area (Å²) in [5, 5.41) is 0. The first-order chi connectivity index (χ1) is 35.0. The lowest BCUT2D eigenvalue weighted by molar-refractivity contribution is -0.166. The predicted octanol–water partition coefficient (Wildman–Crippen LogP) is 19.4. The highest BCUT2D eigenvalue weighted by atomic mass is 16.6. The summed E-state index contributed by atoms with van der Waals surface area (Å²) < 4.78 is 16.8. The Hall–Kier alpha value is -4.45. The molecule has 0 aromatic rings. The van der Waals surface area contributed by atoms with E-state index in [1.54, 1.807) is 0 Å². The van der Waals surface area contributed by atoms with Gasteiger partial charge in [0.15, 0.2) is 6.10 Å². The first-order valence-electron chi connectivity index (χ1n) is 28.7. The summed E-state index contributed by atoms with van der Waals surface area (Å²) in [7, 11) is 0. The number of rotatable bonds is 50. The molecule has 0 aliphatic heterocycles. The SMILES string of the molecule is CC/C=C\C/C=C\C/C=C\C/C=C\C/C=C\C/C=C\CCC(=O)OCC(COC(=O)CCCC/C=C\C/C=C\C/C=C\C/C=C\CC)OC(=O)CCCCCCCCCCC/C=C\CCCCCCCC. The summed E-state index contributed by atoms with van der Waals surface area (Å²) in [5.74, 6) is -1.06. The normalized spacial score (nSPS) is 13.1. The molecule has 6 heteroatoms. The molecule has 0 aliphatic carbocycles. The summed E-state index contributed by atoms with van der Waals surface area (Å²) in [4.78, 5) is 38.1. The van der Waals surface area contributed by atoms with Crippen LogP contribution in [0.1, 0.15) is 239 Å². The molecule has 71 heavy (non-hydrogen) atoms. The molecule has 400 valence electrons. The van der Waals surface area contributed by atoms with Gasteiger partial charge >= 0.3 is 17.9 Å². The Kier molecular flexibility index (Phi) is 54.5. The standard InChI is InChI=1S/C65H104O6/c1-4-7-10-13-16-19-22-25-28-30-32-34-37-40-43-46-49-52-55-58-64(67)70-61-62(60-69-63(66)57-54-51-48-45-42-39-36-27-24-21-18-15-12-9-6-3)71-65(68)59-56-53-50-47-44-41-38-35-33-31-29-26-23-20-17-14-11-8-5-2/h7,9-10,12,16,18-19,21,25-29,32,34,36,40,42-43,45,49,52,62H,4-6,8,11,13-15,17,20,22-24,30-31,33,35,37-39,41,44,46-48,50-51,53-61H2,1-3H3/b10-7-,12-9-,19-16-,21-18-,28-25-,29-26-,34-32-,36-27-,43-40-,45-42-,52-49-. The number of unbranched alkanes of at least 4 members (excludes halogenated alkanes) is 17. The molecule has 1 unspecified atom stereocenters. The zero-order valence-electron chi connectivity index (χ0n) is 45.7. The Morgan fingerprint density at radius 3 is 0.986 bits per heavy atom. The topological polar surface area (TPSA) is 78.9 Å². The van der Waals surface area contributed by atoms with Gasteiger partial charge in [-0.15, -0.1) is 0 Å². The van der Waals surface area contributed by atoms with Crippen molar-refractivity contribution < 1.29 is 28.6 Å². The maximum atomic E-state index is 12.9. The molecule has 0 spiro atoms. The van der Waals surface area contributed by atoms with Crippen molar-refractivity contribution in [3.63, 3.8) is 0 Å². The van der Waals surface area contributed by atoms with Crippen LogP contribution in [-0.4, -0.2) is 37.2 Å². The maximum absolute atomic E-state index is 12.9. The van der Waals surface area contributed by atoms with Crippen LogP contribution in [-0.2, 0) is 28.6 Å². The van der Waals surface area contributed by atoms with Gasteiger partial charge in [0, 0.05) is 19.3 Å². The fraction of sp³-hybridized carbons (Fsp3) is 0.615. The van der Waals surface area contributed by atoms with Gasteiger partial charge in [-0.25, -0.2) is 0 Å². The third-order valence-electron chi connectivity index (χ3n) is 11.6. The third kappa shape index (κ3) is 56.3. The summed E-state index contributed by atoms with van der Waals surface area (Å²) in [5.41, 5.74) is 0. The number of ether oxygens (including phenoxy) is 3. The number of hydrogen-bond donors (Lipinski definition) is 0. The van der Waals surface area contributed by atoms with Crippen molar-refractivity contribution in [3.05, 3.63) is 134 Å². The number of esters is 3. The van der Waals surface area contributed by atoms with Crippen LogP contribution in [0.4, 0.5) is 0 Å². The highest BCUT2D eigenvalue weighted by Crippen LogP contribution is 2.14. The highest BCUT2D eigenvalue weighted by Gasteiger charge is 2.19. The Balaban J connectivity index is 4.56. The van der Waals surface area contributed by atoms with Gasteiger partial charge in [0.1, 0.15) is 13.2 Å². The number of allylic oxidation sites excluding steroid dienone is 22. The molecule has 6 nitrogen and oxygen atoms in total. The maximum Gasteiger partial charge on any atom is 0.306 e. The van der Waals surface area contributed by atoms with E-state index in [-0.39, 0.29) is 44.0 Å².